The van der Waals surface area contributed by atoms with Crippen LogP contribution in [0.5, 0.6) is 5.75 Å². The van der Waals surface area contributed by atoms with Gasteiger partial charge in [-0.05, 0) is 31.5 Å². The third-order valence-electron chi connectivity index (χ3n) is 2.88. The summed E-state index contributed by atoms with van der Waals surface area (Å²) in [6.07, 6.45) is 0. The SMILES string of the molecule is Cc1nc(COc2ccccc2)sc1CNCC(C)C. The molecule has 1 aromatic carbocycles. The summed E-state index contributed by atoms with van der Waals surface area (Å²) in [4.78, 5) is 5.88. The van der Waals surface area contributed by atoms with Crippen LogP contribution in [0, 0.1) is 12.8 Å². The Kier molecular flexibility index (Phi) is 5.56. The van der Waals surface area contributed by atoms with Crippen molar-refractivity contribution in [1.29, 1.82) is 0 Å². The summed E-state index contributed by atoms with van der Waals surface area (Å²) >= 11 is 1.73. The molecule has 0 aliphatic rings. The minimum atomic E-state index is 0.541. The predicted molar refractivity (Wildman–Crippen MR) is 84.2 cm³/mol. The molecule has 0 saturated carbocycles. The first-order chi connectivity index (χ1) is 9.65. The fourth-order valence-corrected chi connectivity index (χ4v) is 2.80. The molecule has 0 bridgehead atoms. The topological polar surface area (TPSA) is 34.1 Å². The molecule has 20 heavy (non-hydrogen) atoms. The van der Waals surface area contributed by atoms with E-state index in [-0.39, 0.29) is 0 Å². The highest BCUT2D eigenvalue weighted by Gasteiger charge is 2.08. The largest absolute Gasteiger partial charge is 0.486 e. The van der Waals surface area contributed by atoms with E-state index in [1.807, 2.05) is 30.3 Å². The third-order valence-corrected chi connectivity index (χ3v) is 4.01. The predicted octanol–water partition coefficient (Wildman–Crippen LogP) is 3.78. The fraction of sp³-hybridized carbons (Fsp3) is 0.438. The van der Waals surface area contributed by atoms with Gasteiger partial charge >= 0.3 is 0 Å². The van der Waals surface area contributed by atoms with Crippen LogP contribution in [0.3, 0.4) is 0 Å². The minimum absolute atomic E-state index is 0.541. The molecule has 0 amide bonds. The molecular weight excluding hydrogens is 268 g/mol. The molecule has 0 unspecified atom stereocenters. The van der Waals surface area contributed by atoms with Gasteiger partial charge < -0.3 is 10.1 Å². The van der Waals surface area contributed by atoms with Crippen LogP contribution in [0.25, 0.3) is 0 Å². The summed E-state index contributed by atoms with van der Waals surface area (Å²) in [6, 6.07) is 9.86. The maximum absolute atomic E-state index is 5.73. The number of para-hydroxylation sites is 1. The average Bonchev–Trinajstić information content (AvgIpc) is 2.78. The van der Waals surface area contributed by atoms with E-state index >= 15 is 0 Å². The van der Waals surface area contributed by atoms with Gasteiger partial charge in [0, 0.05) is 11.4 Å². The van der Waals surface area contributed by atoms with Crippen LogP contribution in [0.15, 0.2) is 30.3 Å². The van der Waals surface area contributed by atoms with Gasteiger partial charge in [0.2, 0.25) is 0 Å². The summed E-state index contributed by atoms with van der Waals surface area (Å²) in [5, 5.41) is 4.49. The summed E-state index contributed by atoms with van der Waals surface area (Å²) in [7, 11) is 0. The molecule has 0 fully saturated rings. The quantitative estimate of drug-likeness (QED) is 0.842. The number of hydrogen-bond acceptors (Lipinski definition) is 4. The highest BCUT2D eigenvalue weighted by Crippen LogP contribution is 2.20. The molecule has 0 aliphatic carbocycles. The molecule has 3 nitrogen and oxygen atoms in total. The van der Waals surface area contributed by atoms with Crippen LogP contribution in [0.1, 0.15) is 29.4 Å². The Hall–Kier alpha value is -1.39. The first-order valence-corrected chi connectivity index (χ1v) is 7.80. The van der Waals surface area contributed by atoms with Gasteiger partial charge in [-0.25, -0.2) is 4.98 Å². The van der Waals surface area contributed by atoms with Gasteiger partial charge in [0.25, 0.3) is 0 Å². The number of hydrogen-bond donors (Lipinski definition) is 1. The number of rotatable bonds is 7. The molecule has 0 spiro atoms. The number of aryl methyl sites for hydroxylation is 1. The molecule has 2 aromatic rings. The molecular formula is C16H22N2OS. The fourth-order valence-electron chi connectivity index (χ4n) is 1.85. The highest BCUT2D eigenvalue weighted by atomic mass is 32.1. The molecule has 1 N–H and O–H groups in total. The highest BCUT2D eigenvalue weighted by molar-refractivity contribution is 7.11. The second kappa shape index (κ2) is 7.41. The van der Waals surface area contributed by atoms with Gasteiger partial charge in [0.05, 0.1) is 5.69 Å². The Morgan fingerprint density at radius 2 is 2.00 bits per heavy atom. The van der Waals surface area contributed by atoms with Crippen LogP contribution in [-0.2, 0) is 13.2 Å². The van der Waals surface area contributed by atoms with Crippen molar-refractivity contribution in [2.75, 3.05) is 6.54 Å². The molecule has 0 aliphatic heterocycles. The van der Waals surface area contributed by atoms with Gasteiger partial charge in [0.15, 0.2) is 0 Å². The van der Waals surface area contributed by atoms with Gasteiger partial charge in [0.1, 0.15) is 17.4 Å². The monoisotopic (exact) mass is 290 g/mol. The zero-order valence-corrected chi connectivity index (χ0v) is 13.2. The van der Waals surface area contributed by atoms with Crippen LogP contribution in [0.2, 0.25) is 0 Å². The van der Waals surface area contributed by atoms with Crippen molar-refractivity contribution < 1.29 is 4.74 Å². The lowest BCUT2D eigenvalue weighted by atomic mass is 10.2. The van der Waals surface area contributed by atoms with E-state index in [0.29, 0.717) is 12.5 Å². The molecule has 1 aromatic heterocycles. The number of nitrogens with one attached hydrogen (secondary N) is 1. The van der Waals surface area contributed by atoms with Crippen molar-refractivity contribution in [2.24, 2.45) is 5.92 Å². The van der Waals surface area contributed by atoms with Gasteiger partial charge in [-0.1, -0.05) is 32.0 Å². The van der Waals surface area contributed by atoms with Crippen molar-refractivity contribution in [3.8, 4) is 5.75 Å². The molecule has 0 atom stereocenters. The second-order valence-corrected chi connectivity index (χ2v) is 6.41. The van der Waals surface area contributed by atoms with Crippen molar-refractivity contribution in [3.63, 3.8) is 0 Å². The Balaban J connectivity index is 1.87. The van der Waals surface area contributed by atoms with Gasteiger partial charge in [-0.3, -0.25) is 0 Å². The number of ether oxygens (including phenoxy) is 1. The number of benzene rings is 1. The molecule has 0 saturated heterocycles. The molecule has 4 heteroatoms. The Bertz CT molecular complexity index is 523. The van der Waals surface area contributed by atoms with Crippen LogP contribution in [-0.4, -0.2) is 11.5 Å². The van der Waals surface area contributed by atoms with E-state index in [4.69, 9.17) is 4.74 Å². The van der Waals surface area contributed by atoms with Crippen molar-refractivity contribution in [1.82, 2.24) is 10.3 Å². The third kappa shape index (κ3) is 4.62. The lowest BCUT2D eigenvalue weighted by Crippen LogP contribution is -2.18. The molecule has 108 valence electrons. The van der Waals surface area contributed by atoms with E-state index < -0.39 is 0 Å². The smallest absolute Gasteiger partial charge is 0.140 e. The van der Waals surface area contributed by atoms with E-state index in [1.54, 1.807) is 11.3 Å². The normalized spacial score (nSPS) is 11.0. The summed E-state index contributed by atoms with van der Waals surface area (Å²) in [5.41, 5.74) is 1.11. The zero-order valence-electron chi connectivity index (χ0n) is 12.3. The molecule has 2 rings (SSSR count). The summed E-state index contributed by atoms with van der Waals surface area (Å²) in [6.45, 7) is 8.96. The van der Waals surface area contributed by atoms with E-state index in [1.165, 1.54) is 4.88 Å². The average molecular weight is 290 g/mol. The Morgan fingerprint density at radius 1 is 1.25 bits per heavy atom. The summed E-state index contributed by atoms with van der Waals surface area (Å²) in [5.74, 6) is 1.56. The Morgan fingerprint density at radius 3 is 2.70 bits per heavy atom. The van der Waals surface area contributed by atoms with E-state index in [9.17, 15) is 0 Å². The maximum Gasteiger partial charge on any atom is 0.140 e. The van der Waals surface area contributed by atoms with Gasteiger partial charge in [-0.15, -0.1) is 11.3 Å². The lowest BCUT2D eigenvalue weighted by molar-refractivity contribution is 0.305. The lowest BCUT2D eigenvalue weighted by Gasteiger charge is -2.05. The van der Waals surface area contributed by atoms with Gasteiger partial charge in [-0.2, -0.15) is 0 Å². The second-order valence-electron chi connectivity index (χ2n) is 5.24. The van der Waals surface area contributed by atoms with E-state index in [0.717, 1.165) is 29.5 Å². The summed E-state index contributed by atoms with van der Waals surface area (Å²) < 4.78 is 5.73. The standard InChI is InChI=1S/C16H22N2OS/c1-12(2)9-17-10-15-13(3)18-16(20-15)11-19-14-7-5-4-6-8-14/h4-8,12,17H,9-11H2,1-3H3. The number of aromatic nitrogens is 1. The first-order valence-electron chi connectivity index (χ1n) is 6.99. The Labute approximate surface area is 125 Å². The van der Waals surface area contributed by atoms with Crippen LogP contribution in [0.4, 0.5) is 0 Å². The van der Waals surface area contributed by atoms with Crippen LogP contribution < -0.4 is 10.1 Å². The van der Waals surface area contributed by atoms with Crippen LogP contribution >= 0.6 is 11.3 Å². The molecule has 1 heterocycles. The first kappa shape index (κ1) is 15.0. The zero-order chi connectivity index (χ0) is 14.4. The van der Waals surface area contributed by atoms with Crippen molar-refractivity contribution in [3.05, 3.63) is 45.9 Å². The maximum atomic E-state index is 5.73. The van der Waals surface area contributed by atoms with E-state index in [2.05, 4.69) is 31.1 Å². The number of thiazole rings is 1. The van der Waals surface area contributed by atoms with Crippen molar-refractivity contribution >= 4 is 11.3 Å². The molecule has 0 radical (unpaired) electrons. The minimum Gasteiger partial charge on any atom is -0.486 e. The van der Waals surface area contributed by atoms with Crippen molar-refractivity contribution in [2.45, 2.75) is 33.9 Å². The number of nitrogens with zero attached hydrogens (tertiary/aromatic N) is 1.